The lowest BCUT2D eigenvalue weighted by atomic mass is 10.1. The summed E-state index contributed by atoms with van der Waals surface area (Å²) in [5.41, 5.74) is 2.19. The lowest BCUT2D eigenvalue weighted by Crippen LogP contribution is -2.11. The second-order valence-corrected chi connectivity index (χ2v) is 5.20. The lowest BCUT2D eigenvalue weighted by Gasteiger charge is -2.14. The van der Waals surface area contributed by atoms with Crippen molar-refractivity contribution in [2.75, 3.05) is 7.11 Å². The Morgan fingerprint density at radius 1 is 1.05 bits per heavy atom. The van der Waals surface area contributed by atoms with Crippen LogP contribution in [0, 0.1) is 0 Å². The summed E-state index contributed by atoms with van der Waals surface area (Å²) < 4.78 is 4.90. The molecule has 0 saturated carbocycles. The third-order valence-electron chi connectivity index (χ3n) is 2.78. The van der Waals surface area contributed by atoms with Crippen molar-refractivity contribution in [1.29, 1.82) is 0 Å². The molecule has 98 valence electrons. The van der Waals surface area contributed by atoms with Crippen LogP contribution in [0.3, 0.4) is 0 Å². The number of rotatable bonds is 5. The summed E-state index contributed by atoms with van der Waals surface area (Å²) >= 11 is 1.59. The van der Waals surface area contributed by atoms with Crippen LogP contribution in [-0.2, 0) is 15.3 Å². The summed E-state index contributed by atoms with van der Waals surface area (Å²) in [7, 11) is 1.43. The highest BCUT2D eigenvalue weighted by Gasteiger charge is 2.21. The van der Waals surface area contributed by atoms with Crippen molar-refractivity contribution in [3.05, 3.63) is 71.8 Å². The molecule has 0 aromatic heterocycles. The molecule has 2 aromatic rings. The Morgan fingerprint density at radius 3 is 2.21 bits per heavy atom. The molecule has 0 heterocycles. The molecule has 0 amide bonds. The SMILES string of the molecule is COC(=O)[C@@H](SCc1ccccc1)c1ccccc1. The van der Waals surface area contributed by atoms with Gasteiger partial charge in [0.1, 0.15) is 5.25 Å². The van der Waals surface area contributed by atoms with E-state index in [9.17, 15) is 4.79 Å². The van der Waals surface area contributed by atoms with E-state index in [2.05, 4.69) is 12.1 Å². The molecule has 0 saturated heterocycles. The predicted octanol–water partition coefficient (Wildman–Crippen LogP) is 3.83. The maximum atomic E-state index is 11.9. The highest BCUT2D eigenvalue weighted by atomic mass is 32.2. The van der Waals surface area contributed by atoms with Crippen LogP contribution in [0.15, 0.2) is 60.7 Å². The Bertz CT molecular complexity index is 511. The number of hydrogen-bond donors (Lipinski definition) is 0. The Kier molecular flexibility index (Phi) is 5.04. The zero-order chi connectivity index (χ0) is 13.5. The Balaban J connectivity index is 2.09. The van der Waals surface area contributed by atoms with Crippen LogP contribution in [-0.4, -0.2) is 13.1 Å². The Labute approximate surface area is 117 Å². The van der Waals surface area contributed by atoms with Crippen molar-refractivity contribution >= 4 is 17.7 Å². The minimum Gasteiger partial charge on any atom is -0.468 e. The van der Waals surface area contributed by atoms with Gasteiger partial charge in [-0.2, -0.15) is 0 Å². The van der Waals surface area contributed by atoms with E-state index < -0.39 is 0 Å². The van der Waals surface area contributed by atoms with Crippen LogP contribution < -0.4 is 0 Å². The zero-order valence-electron chi connectivity index (χ0n) is 10.8. The van der Waals surface area contributed by atoms with Crippen molar-refractivity contribution in [2.45, 2.75) is 11.0 Å². The molecule has 0 bridgehead atoms. The van der Waals surface area contributed by atoms with Crippen molar-refractivity contribution in [3.63, 3.8) is 0 Å². The highest BCUT2D eigenvalue weighted by Crippen LogP contribution is 2.32. The molecule has 3 heteroatoms. The molecule has 19 heavy (non-hydrogen) atoms. The van der Waals surface area contributed by atoms with E-state index in [4.69, 9.17) is 4.74 Å². The maximum absolute atomic E-state index is 11.9. The van der Waals surface area contributed by atoms with Crippen LogP contribution in [0.4, 0.5) is 0 Å². The third-order valence-corrected chi connectivity index (χ3v) is 4.08. The summed E-state index contributed by atoms with van der Waals surface area (Å²) in [6, 6.07) is 19.9. The Hall–Kier alpha value is -1.74. The summed E-state index contributed by atoms with van der Waals surface area (Å²) in [6.07, 6.45) is 0. The molecule has 0 fully saturated rings. The van der Waals surface area contributed by atoms with E-state index in [-0.39, 0.29) is 11.2 Å². The normalized spacial score (nSPS) is 11.8. The van der Waals surface area contributed by atoms with E-state index in [0.29, 0.717) is 0 Å². The number of hydrogen-bond acceptors (Lipinski definition) is 3. The van der Waals surface area contributed by atoms with Gasteiger partial charge in [0.15, 0.2) is 0 Å². The average Bonchev–Trinajstić information content (AvgIpc) is 2.49. The van der Waals surface area contributed by atoms with Gasteiger partial charge in [-0.3, -0.25) is 4.79 Å². The minimum absolute atomic E-state index is 0.202. The number of esters is 1. The van der Waals surface area contributed by atoms with Crippen LogP contribution in [0.1, 0.15) is 16.4 Å². The molecule has 2 rings (SSSR count). The molecule has 0 aliphatic rings. The van der Waals surface area contributed by atoms with Gasteiger partial charge < -0.3 is 4.74 Å². The number of benzene rings is 2. The minimum atomic E-state index is -0.272. The van der Waals surface area contributed by atoms with Gasteiger partial charge in [0.2, 0.25) is 0 Å². The van der Waals surface area contributed by atoms with Crippen LogP contribution >= 0.6 is 11.8 Å². The molecule has 0 unspecified atom stereocenters. The molecule has 2 nitrogen and oxygen atoms in total. The van der Waals surface area contributed by atoms with Gasteiger partial charge in [-0.25, -0.2) is 0 Å². The Morgan fingerprint density at radius 2 is 1.63 bits per heavy atom. The second-order valence-electron chi connectivity index (χ2n) is 4.11. The van der Waals surface area contributed by atoms with E-state index in [0.717, 1.165) is 11.3 Å². The van der Waals surface area contributed by atoms with Crippen molar-refractivity contribution in [3.8, 4) is 0 Å². The van der Waals surface area contributed by atoms with E-state index in [1.54, 1.807) is 11.8 Å². The second kappa shape index (κ2) is 7.00. The fourth-order valence-corrected chi connectivity index (χ4v) is 2.92. The monoisotopic (exact) mass is 272 g/mol. The first-order valence-corrected chi connectivity index (χ1v) is 7.14. The number of ether oxygens (including phenoxy) is 1. The standard InChI is InChI=1S/C16H16O2S/c1-18-16(17)15(14-10-6-3-7-11-14)19-12-13-8-4-2-5-9-13/h2-11,15H,12H2,1H3/t15-/m0/s1. The van der Waals surface area contributed by atoms with Gasteiger partial charge in [-0.1, -0.05) is 60.7 Å². The van der Waals surface area contributed by atoms with Gasteiger partial charge in [-0.05, 0) is 11.1 Å². The summed E-state index contributed by atoms with van der Waals surface area (Å²) in [6.45, 7) is 0. The average molecular weight is 272 g/mol. The lowest BCUT2D eigenvalue weighted by molar-refractivity contribution is -0.140. The van der Waals surface area contributed by atoms with E-state index in [1.165, 1.54) is 12.7 Å². The molecule has 0 radical (unpaired) electrons. The summed E-state index contributed by atoms with van der Waals surface area (Å²) in [4.78, 5) is 11.9. The van der Waals surface area contributed by atoms with Crippen molar-refractivity contribution in [1.82, 2.24) is 0 Å². The fraction of sp³-hybridized carbons (Fsp3) is 0.188. The smallest absolute Gasteiger partial charge is 0.323 e. The molecular formula is C16H16O2S. The molecular weight excluding hydrogens is 256 g/mol. The predicted molar refractivity (Wildman–Crippen MR) is 78.9 cm³/mol. The van der Waals surface area contributed by atoms with Gasteiger partial charge >= 0.3 is 5.97 Å². The van der Waals surface area contributed by atoms with Gasteiger partial charge in [0.05, 0.1) is 7.11 Å². The first kappa shape index (κ1) is 13.7. The largest absolute Gasteiger partial charge is 0.468 e. The number of thioether (sulfide) groups is 1. The quantitative estimate of drug-likeness (QED) is 0.774. The molecule has 0 spiro atoms. The fourth-order valence-electron chi connectivity index (χ4n) is 1.79. The van der Waals surface area contributed by atoms with Gasteiger partial charge in [0, 0.05) is 5.75 Å². The maximum Gasteiger partial charge on any atom is 0.323 e. The molecule has 0 aliphatic heterocycles. The first-order chi connectivity index (χ1) is 9.31. The molecule has 1 atom stereocenters. The summed E-state index contributed by atoms with van der Waals surface area (Å²) in [5.74, 6) is 0.585. The van der Waals surface area contributed by atoms with Crippen LogP contribution in [0.5, 0.6) is 0 Å². The first-order valence-electron chi connectivity index (χ1n) is 6.09. The topological polar surface area (TPSA) is 26.3 Å². The van der Waals surface area contributed by atoms with E-state index >= 15 is 0 Å². The highest BCUT2D eigenvalue weighted by molar-refractivity contribution is 7.99. The van der Waals surface area contributed by atoms with Gasteiger partial charge in [0.25, 0.3) is 0 Å². The van der Waals surface area contributed by atoms with Crippen LogP contribution in [0.2, 0.25) is 0 Å². The molecule has 0 aliphatic carbocycles. The van der Waals surface area contributed by atoms with Crippen LogP contribution in [0.25, 0.3) is 0 Å². The third kappa shape index (κ3) is 3.86. The van der Waals surface area contributed by atoms with Crippen molar-refractivity contribution < 1.29 is 9.53 Å². The van der Waals surface area contributed by atoms with Gasteiger partial charge in [-0.15, -0.1) is 11.8 Å². The molecule has 0 N–H and O–H groups in total. The number of carbonyl (C=O) groups is 1. The zero-order valence-corrected chi connectivity index (χ0v) is 11.6. The van der Waals surface area contributed by atoms with E-state index in [1.807, 2.05) is 48.5 Å². The molecule has 2 aromatic carbocycles. The van der Waals surface area contributed by atoms with Crippen molar-refractivity contribution in [2.24, 2.45) is 0 Å². The number of carbonyl (C=O) groups excluding carboxylic acids is 1. The summed E-state index contributed by atoms with van der Waals surface area (Å²) in [5, 5.41) is -0.272. The number of methoxy groups -OCH3 is 1.